The summed E-state index contributed by atoms with van der Waals surface area (Å²) in [5, 5.41) is 7.35. The molecule has 0 saturated heterocycles. The number of amides is 1. The first-order valence-electron chi connectivity index (χ1n) is 4.82. The molecule has 0 aliphatic rings. The van der Waals surface area contributed by atoms with E-state index >= 15 is 0 Å². The molecule has 1 amide bonds. The van der Waals surface area contributed by atoms with Gasteiger partial charge in [-0.15, -0.1) is 10.2 Å². The molecule has 1 aromatic rings. The van der Waals surface area contributed by atoms with E-state index in [9.17, 15) is 9.59 Å². The lowest BCUT2D eigenvalue weighted by molar-refractivity contribution is -0.141. The van der Waals surface area contributed by atoms with Crippen LogP contribution in [-0.4, -0.2) is 46.7 Å². The lowest BCUT2D eigenvalue weighted by Gasteiger charge is -2.24. The van der Waals surface area contributed by atoms with E-state index in [0.717, 1.165) is 11.3 Å². The number of nitrogens with zero attached hydrogens (tertiary/aromatic N) is 3. The number of aromatic nitrogens is 2. The number of hydrogen-bond donors (Lipinski definition) is 0. The van der Waals surface area contributed by atoms with Crippen molar-refractivity contribution in [3.63, 3.8) is 0 Å². The van der Waals surface area contributed by atoms with E-state index in [0.29, 0.717) is 0 Å². The number of hydrogen-bond acceptors (Lipinski definition) is 6. The van der Waals surface area contributed by atoms with E-state index in [2.05, 4.69) is 14.9 Å². The van der Waals surface area contributed by atoms with Gasteiger partial charge in [0, 0.05) is 6.04 Å². The summed E-state index contributed by atoms with van der Waals surface area (Å²) in [7, 11) is 1.27. The van der Waals surface area contributed by atoms with E-state index in [4.69, 9.17) is 11.6 Å². The van der Waals surface area contributed by atoms with Gasteiger partial charge in [0.1, 0.15) is 6.54 Å². The van der Waals surface area contributed by atoms with Crippen LogP contribution < -0.4 is 0 Å². The summed E-state index contributed by atoms with van der Waals surface area (Å²) in [5.74, 6) is -0.863. The number of methoxy groups -OCH3 is 1. The zero-order valence-electron chi connectivity index (χ0n) is 9.64. The van der Waals surface area contributed by atoms with Crippen molar-refractivity contribution in [2.24, 2.45) is 0 Å². The molecule has 17 heavy (non-hydrogen) atoms. The number of rotatable bonds is 4. The zero-order valence-corrected chi connectivity index (χ0v) is 11.2. The Bertz CT molecular complexity index is 421. The average Bonchev–Trinajstić information content (AvgIpc) is 2.71. The second-order valence-corrected chi connectivity index (χ2v) is 5.02. The van der Waals surface area contributed by atoms with Crippen LogP contribution in [0.25, 0.3) is 0 Å². The molecule has 0 spiro atoms. The molecule has 94 valence electrons. The molecule has 0 radical (unpaired) electrons. The molecular formula is C9H12ClN3O3S. The van der Waals surface area contributed by atoms with Crippen molar-refractivity contribution in [3.8, 4) is 0 Å². The Kier molecular flexibility index (Phi) is 4.83. The summed E-state index contributed by atoms with van der Waals surface area (Å²) in [6, 6.07) is -0.149. The number of esters is 1. The Morgan fingerprint density at radius 2 is 2.12 bits per heavy atom. The minimum absolute atomic E-state index is 0.121. The van der Waals surface area contributed by atoms with Gasteiger partial charge in [-0.3, -0.25) is 9.59 Å². The number of carbonyl (C=O) groups excluding carboxylic acids is 2. The van der Waals surface area contributed by atoms with Crippen LogP contribution in [0.2, 0.25) is 4.47 Å². The molecule has 0 aromatic carbocycles. The topological polar surface area (TPSA) is 72.4 Å². The molecule has 0 aliphatic heterocycles. The predicted octanol–water partition coefficient (Wildman–Crippen LogP) is 1.22. The van der Waals surface area contributed by atoms with Crippen LogP contribution in [0.1, 0.15) is 23.6 Å². The molecule has 6 nitrogen and oxygen atoms in total. The van der Waals surface area contributed by atoms with Crippen LogP contribution in [0.15, 0.2) is 0 Å². The first kappa shape index (κ1) is 13.9. The van der Waals surface area contributed by atoms with Crippen LogP contribution >= 0.6 is 22.9 Å². The van der Waals surface area contributed by atoms with E-state index in [-0.39, 0.29) is 28.0 Å². The molecule has 0 fully saturated rings. The van der Waals surface area contributed by atoms with Gasteiger partial charge in [-0.1, -0.05) is 11.3 Å². The van der Waals surface area contributed by atoms with Crippen molar-refractivity contribution in [1.82, 2.24) is 15.1 Å². The normalized spacial score (nSPS) is 10.4. The van der Waals surface area contributed by atoms with E-state index in [1.54, 1.807) is 13.8 Å². The Morgan fingerprint density at radius 1 is 1.47 bits per heavy atom. The largest absolute Gasteiger partial charge is 0.468 e. The van der Waals surface area contributed by atoms with Crippen molar-refractivity contribution in [1.29, 1.82) is 0 Å². The molecular weight excluding hydrogens is 266 g/mol. The van der Waals surface area contributed by atoms with Crippen LogP contribution in [0.4, 0.5) is 0 Å². The van der Waals surface area contributed by atoms with E-state index in [1.165, 1.54) is 12.0 Å². The molecule has 0 unspecified atom stereocenters. The fourth-order valence-corrected chi connectivity index (χ4v) is 1.89. The minimum Gasteiger partial charge on any atom is -0.468 e. The zero-order chi connectivity index (χ0) is 13.0. The van der Waals surface area contributed by atoms with Gasteiger partial charge in [0.2, 0.25) is 9.47 Å². The standard InChI is InChI=1S/C9H12ClN3O3S/c1-5(2)13(4-6(14)16-3)8(15)7-11-12-9(10)17-7/h5H,4H2,1-3H3. The van der Waals surface area contributed by atoms with Gasteiger partial charge in [0.05, 0.1) is 7.11 Å². The predicted molar refractivity (Wildman–Crippen MR) is 63.1 cm³/mol. The summed E-state index contributed by atoms with van der Waals surface area (Å²) in [5.41, 5.74) is 0. The van der Waals surface area contributed by atoms with Gasteiger partial charge in [0.25, 0.3) is 5.91 Å². The molecule has 0 atom stereocenters. The highest BCUT2D eigenvalue weighted by Crippen LogP contribution is 2.17. The maximum atomic E-state index is 12.0. The van der Waals surface area contributed by atoms with Gasteiger partial charge < -0.3 is 9.64 Å². The molecule has 1 heterocycles. The lowest BCUT2D eigenvalue weighted by atomic mass is 10.3. The van der Waals surface area contributed by atoms with Gasteiger partial charge in [-0.05, 0) is 25.4 Å². The van der Waals surface area contributed by atoms with E-state index < -0.39 is 5.97 Å². The molecule has 0 N–H and O–H groups in total. The van der Waals surface area contributed by atoms with Crippen molar-refractivity contribution in [2.75, 3.05) is 13.7 Å². The molecule has 0 saturated carbocycles. The van der Waals surface area contributed by atoms with Crippen LogP contribution in [0.5, 0.6) is 0 Å². The maximum absolute atomic E-state index is 12.0. The fourth-order valence-electron chi connectivity index (χ4n) is 1.11. The Balaban J connectivity index is 2.84. The molecule has 8 heteroatoms. The minimum atomic E-state index is -0.484. The molecule has 0 aliphatic carbocycles. The monoisotopic (exact) mass is 277 g/mol. The van der Waals surface area contributed by atoms with Crippen molar-refractivity contribution < 1.29 is 14.3 Å². The third-order valence-corrected chi connectivity index (χ3v) is 3.00. The molecule has 0 bridgehead atoms. The SMILES string of the molecule is COC(=O)CN(C(=O)c1nnc(Cl)s1)C(C)C. The van der Waals surface area contributed by atoms with Crippen LogP contribution in [0.3, 0.4) is 0 Å². The smallest absolute Gasteiger partial charge is 0.325 e. The number of halogens is 1. The first-order chi connectivity index (χ1) is 7.95. The molecule has 1 rings (SSSR count). The van der Waals surface area contributed by atoms with Crippen molar-refractivity contribution >= 4 is 34.8 Å². The molecule has 1 aromatic heterocycles. The first-order valence-corrected chi connectivity index (χ1v) is 6.02. The third-order valence-electron chi connectivity index (χ3n) is 1.99. The Hall–Kier alpha value is -1.21. The van der Waals surface area contributed by atoms with Crippen molar-refractivity contribution in [3.05, 3.63) is 9.47 Å². The van der Waals surface area contributed by atoms with Gasteiger partial charge >= 0.3 is 5.97 Å². The quantitative estimate of drug-likeness (QED) is 0.774. The second-order valence-electron chi connectivity index (χ2n) is 3.46. The highest BCUT2D eigenvalue weighted by Gasteiger charge is 2.24. The van der Waals surface area contributed by atoms with Crippen LogP contribution in [0, 0.1) is 0 Å². The average molecular weight is 278 g/mol. The Morgan fingerprint density at radius 3 is 2.53 bits per heavy atom. The number of ether oxygens (including phenoxy) is 1. The summed E-state index contributed by atoms with van der Waals surface area (Å²) < 4.78 is 4.72. The number of carbonyl (C=O) groups is 2. The summed E-state index contributed by atoms with van der Waals surface area (Å²) in [4.78, 5) is 24.6. The summed E-state index contributed by atoms with van der Waals surface area (Å²) >= 11 is 6.58. The summed E-state index contributed by atoms with van der Waals surface area (Å²) in [6.45, 7) is 3.47. The van der Waals surface area contributed by atoms with Gasteiger partial charge in [-0.2, -0.15) is 0 Å². The third kappa shape index (κ3) is 3.64. The Labute approximate surface area is 108 Å². The van der Waals surface area contributed by atoms with E-state index in [1.807, 2.05) is 0 Å². The summed E-state index contributed by atoms with van der Waals surface area (Å²) in [6.07, 6.45) is 0. The van der Waals surface area contributed by atoms with Gasteiger partial charge in [0.15, 0.2) is 0 Å². The van der Waals surface area contributed by atoms with Crippen molar-refractivity contribution in [2.45, 2.75) is 19.9 Å². The van der Waals surface area contributed by atoms with Gasteiger partial charge in [-0.25, -0.2) is 0 Å². The lowest BCUT2D eigenvalue weighted by Crippen LogP contribution is -2.41. The maximum Gasteiger partial charge on any atom is 0.325 e. The highest BCUT2D eigenvalue weighted by molar-refractivity contribution is 7.17. The second kappa shape index (κ2) is 5.92. The fraction of sp³-hybridized carbons (Fsp3) is 0.556. The van der Waals surface area contributed by atoms with Crippen LogP contribution in [-0.2, 0) is 9.53 Å². The highest BCUT2D eigenvalue weighted by atomic mass is 35.5.